The van der Waals surface area contributed by atoms with Gasteiger partial charge in [-0.15, -0.1) is 11.3 Å². The highest BCUT2D eigenvalue weighted by atomic mass is 32.1. The molecule has 7 nitrogen and oxygen atoms in total. The number of likely N-dealkylation sites (tertiary alicyclic amines) is 1. The van der Waals surface area contributed by atoms with Crippen LogP contribution < -0.4 is 15.4 Å². The number of hydrogen-bond acceptors (Lipinski definition) is 6. The molecule has 2 aromatic rings. The summed E-state index contributed by atoms with van der Waals surface area (Å²) < 4.78 is 5.29. The first-order chi connectivity index (χ1) is 13.5. The highest BCUT2D eigenvalue weighted by Crippen LogP contribution is 2.25. The minimum absolute atomic E-state index is 0.0409. The minimum Gasteiger partial charge on any atom is -0.495 e. The van der Waals surface area contributed by atoms with E-state index in [9.17, 15) is 9.59 Å². The summed E-state index contributed by atoms with van der Waals surface area (Å²) in [5.41, 5.74) is 1.60. The topological polar surface area (TPSA) is 83.6 Å². The number of carbonyl (C=O) groups is 2. The smallest absolute Gasteiger partial charge is 0.240 e. The predicted octanol–water partition coefficient (Wildman–Crippen LogP) is 3.06. The van der Waals surface area contributed by atoms with E-state index in [1.54, 1.807) is 7.11 Å². The highest BCUT2D eigenvalue weighted by molar-refractivity contribution is 7.15. The molecule has 2 amide bonds. The maximum atomic E-state index is 12.7. The molecule has 2 N–H and O–H groups in total. The SMILES string of the molecule is COc1ccccc1NC(=O)C1CCCN(CC(=O)Nc2nc(C)c(C)s2)C1. The monoisotopic (exact) mass is 402 g/mol. The van der Waals surface area contributed by atoms with Gasteiger partial charge < -0.3 is 15.4 Å². The average Bonchev–Trinajstić information content (AvgIpc) is 2.99. The molecule has 8 heteroatoms. The predicted molar refractivity (Wildman–Crippen MR) is 111 cm³/mol. The Balaban J connectivity index is 1.54. The summed E-state index contributed by atoms with van der Waals surface area (Å²) in [4.78, 5) is 32.5. The number of aryl methyl sites for hydroxylation is 2. The number of amides is 2. The second kappa shape index (κ2) is 9.16. The number of benzene rings is 1. The Morgan fingerprint density at radius 2 is 2.07 bits per heavy atom. The van der Waals surface area contributed by atoms with Crippen LogP contribution in [0.1, 0.15) is 23.4 Å². The van der Waals surface area contributed by atoms with Crippen LogP contribution in [0.4, 0.5) is 10.8 Å². The van der Waals surface area contributed by atoms with Crippen LogP contribution in [0, 0.1) is 19.8 Å². The molecule has 1 unspecified atom stereocenters. The molecule has 3 rings (SSSR count). The molecule has 0 bridgehead atoms. The van der Waals surface area contributed by atoms with Gasteiger partial charge in [-0.1, -0.05) is 12.1 Å². The van der Waals surface area contributed by atoms with Gasteiger partial charge in [0.25, 0.3) is 0 Å². The van der Waals surface area contributed by atoms with Gasteiger partial charge in [-0.3, -0.25) is 14.5 Å². The van der Waals surface area contributed by atoms with Crippen molar-refractivity contribution in [3.05, 3.63) is 34.8 Å². The Labute approximate surface area is 169 Å². The quantitative estimate of drug-likeness (QED) is 0.776. The van der Waals surface area contributed by atoms with Crippen molar-refractivity contribution >= 4 is 34.0 Å². The second-order valence-electron chi connectivity index (χ2n) is 6.97. The molecule has 1 saturated heterocycles. The summed E-state index contributed by atoms with van der Waals surface area (Å²) in [6.45, 7) is 5.54. The molecule has 150 valence electrons. The number of rotatable bonds is 6. The van der Waals surface area contributed by atoms with Gasteiger partial charge in [0.05, 0.1) is 31.0 Å². The van der Waals surface area contributed by atoms with Gasteiger partial charge in [-0.05, 0) is 45.4 Å². The third-order valence-corrected chi connectivity index (χ3v) is 5.87. The number of ether oxygens (including phenoxy) is 1. The first kappa shape index (κ1) is 20.3. The molecule has 0 saturated carbocycles. The van der Waals surface area contributed by atoms with Crippen molar-refractivity contribution in [1.82, 2.24) is 9.88 Å². The number of anilines is 2. The fourth-order valence-electron chi connectivity index (χ4n) is 3.28. The first-order valence-electron chi connectivity index (χ1n) is 9.36. The molecule has 0 spiro atoms. The Kier molecular flexibility index (Phi) is 6.64. The van der Waals surface area contributed by atoms with Crippen molar-refractivity contribution in [3.63, 3.8) is 0 Å². The number of carbonyl (C=O) groups excluding carboxylic acids is 2. The van der Waals surface area contributed by atoms with E-state index in [2.05, 4.69) is 15.6 Å². The number of thiazole rings is 1. The molecule has 2 heterocycles. The fourth-order valence-corrected chi connectivity index (χ4v) is 4.11. The van der Waals surface area contributed by atoms with E-state index in [0.29, 0.717) is 23.1 Å². The fraction of sp³-hybridized carbons (Fsp3) is 0.450. The molecule has 28 heavy (non-hydrogen) atoms. The minimum atomic E-state index is -0.157. The maximum absolute atomic E-state index is 12.7. The summed E-state index contributed by atoms with van der Waals surface area (Å²) in [7, 11) is 1.58. The van der Waals surface area contributed by atoms with Crippen LogP contribution in [0.25, 0.3) is 0 Å². The molecule has 1 fully saturated rings. The zero-order chi connectivity index (χ0) is 20.1. The van der Waals surface area contributed by atoms with Gasteiger partial charge >= 0.3 is 0 Å². The van der Waals surface area contributed by atoms with Crippen LogP contribution in [0.15, 0.2) is 24.3 Å². The van der Waals surface area contributed by atoms with Gasteiger partial charge in [0.1, 0.15) is 5.75 Å². The summed E-state index contributed by atoms with van der Waals surface area (Å²) >= 11 is 1.48. The molecule has 1 aromatic heterocycles. The number of nitrogens with one attached hydrogen (secondary N) is 2. The van der Waals surface area contributed by atoms with Gasteiger partial charge in [-0.25, -0.2) is 4.98 Å². The molecule has 1 aromatic carbocycles. The lowest BCUT2D eigenvalue weighted by Crippen LogP contribution is -2.44. The maximum Gasteiger partial charge on any atom is 0.240 e. The van der Waals surface area contributed by atoms with E-state index in [1.165, 1.54) is 11.3 Å². The highest BCUT2D eigenvalue weighted by Gasteiger charge is 2.27. The number of para-hydroxylation sites is 2. The zero-order valence-electron chi connectivity index (χ0n) is 16.4. The van der Waals surface area contributed by atoms with Crippen molar-refractivity contribution in [2.45, 2.75) is 26.7 Å². The summed E-state index contributed by atoms with van der Waals surface area (Å²) in [6, 6.07) is 7.36. The summed E-state index contributed by atoms with van der Waals surface area (Å²) in [6.07, 6.45) is 1.69. The van der Waals surface area contributed by atoms with E-state index in [4.69, 9.17) is 4.74 Å². The lowest BCUT2D eigenvalue weighted by molar-refractivity contribution is -0.123. The molecule has 0 radical (unpaired) electrons. The van der Waals surface area contributed by atoms with Gasteiger partial charge in [0.2, 0.25) is 11.8 Å². The van der Waals surface area contributed by atoms with E-state index in [0.717, 1.165) is 30.0 Å². The number of nitrogens with zero attached hydrogens (tertiary/aromatic N) is 2. The van der Waals surface area contributed by atoms with Crippen molar-refractivity contribution in [2.75, 3.05) is 37.4 Å². The first-order valence-corrected chi connectivity index (χ1v) is 10.2. The number of piperidine rings is 1. The van der Waals surface area contributed by atoms with E-state index in [-0.39, 0.29) is 24.3 Å². The Hall–Kier alpha value is -2.45. The third-order valence-electron chi connectivity index (χ3n) is 4.88. The average molecular weight is 403 g/mol. The zero-order valence-corrected chi connectivity index (χ0v) is 17.3. The molecule has 0 aliphatic carbocycles. The summed E-state index contributed by atoms with van der Waals surface area (Å²) in [5.74, 6) is 0.341. The molecule has 1 aliphatic heterocycles. The van der Waals surface area contributed by atoms with E-state index in [1.807, 2.05) is 43.0 Å². The largest absolute Gasteiger partial charge is 0.495 e. The lowest BCUT2D eigenvalue weighted by Gasteiger charge is -2.31. The van der Waals surface area contributed by atoms with Crippen molar-refractivity contribution in [1.29, 1.82) is 0 Å². The molecule has 1 atom stereocenters. The van der Waals surface area contributed by atoms with Gasteiger partial charge in [-0.2, -0.15) is 0 Å². The van der Waals surface area contributed by atoms with Crippen LogP contribution >= 0.6 is 11.3 Å². The molecular weight excluding hydrogens is 376 g/mol. The van der Waals surface area contributed by atoms with E-state index >= 15 is 0 Å². The summed E-state index contributed by atoms with van der Waals surface area (Å²) in [5, 5.41) is 6.44. The van der Waals surface area contributed by atoms with Crippen LogP contribution in [0.5, 0.6) is 5.75 Å². The molecule has 1 aliphatic rings. The normalized spacial score (nSPS) is 17.2. The van der Waals surface area contributed by atoms with Crippen molar-refractivity contribution in [2.24, 2.45) is 5.92 Å². The van der Waals surface area contributed by atoms with Gasteiger partial charge in [0.15, 0.2) is 5.13 Å². The van der Waals surface area contributed by atoms with E-state index < -0.39 is 0 Å². The Morgan fingerprint density at radius 1 is 1.29 bits per heavy atom. The second-order valence-corrected chi connectivity index (χ2v) is 8.18. The van der Waals surface area contributed by atoms with Crippen LogP contribution in [-0.4, -0.2) is 48.4 Å². The third kappa shape index (κ3) is 5.08. The number of hydrogen-bond donors (Lipinski definition) is 2. The van der Waals surface area contributed by atoms with Crippen LogP contribution in [-0.2, 0) is 9.59 Å². The number of aromatic nitrogens is 1. The van der Waals surface area contributed by atoms with Crippen LogP contribution in [0.3, 0.4) is 0 Å². The lowest BCUT2D eigenvalue weighted by atomic mass is 9.97. The van der Waals surface area contributed by atoms with Crippen molar-refractivity contribution in [3.8, 4) is 5.75 Å². The van der Waals surface area contributed by atoms with Gasteiger partial charge in [0, 0.05) is 11.4 Å². The Morgan fingerprint density at radius 3 is 2.79 bits per heavy atom. The van der Waals surface area contributed by atoms with Crippen molar-refractivity contribution < 1.29 is 14.3 Å². The van der Waals surface area contributed by atoms with Crippen LogP contribution in [0.2, 0.25) is 0 Å². The number of methoxy groups -OCH3 is 1. The molecular formula is C20H26N4O3S. The standard InChI is InChI=1S/C20H26N4O3S/c1-13-14(2)28-20(21-13)23-18(25)12-24-10-6-7-15(11-24)19(26)22-16-8-4-5-9-17(16)27-3/h4-5,8-9,15H,6-7,10-12H2,1-3H3,(H,22,26)(H,21,23,25). The Bertz CT molecular complexity index is 832.